The number of hydrogen-bond donors (Lipinski definition) is 4. The molecule has 1 saturated heterocycles. The minimum Gasteiger partial charge on any atom is -0.475 e. The molecule has 4 N–H and O–H groups in total. The molecule has 0 aromatic carbocycles. The van der Waals surface area contributed by atoms with Gasteiger partial charge >= 0.3 is 11.7 Å². The lowest BCUT2D eigenvalue weighted by Crippen LogP contribution is -2.38. The zero-order valence-electron chi connectivity index (χ0n) is 14.0. The molecular weight excluding hydrogens is 340 g/mol. The van der Waals surface area contributed by atoms with E-state index in [9.17, 15) is 24.6 Å². The van der Waals surface area contributed by atoms with Crippen LogP contribution in [0.5, 0.6) is 5.75 Å². The fourth-order valence-electron chi connectivity index (χ4n) is 2.06. The quantitative estimate of drug-likeness (QED) is 0.423. The topological polar surface area (TPSA) is 160 Å². The minimum atomic E-state index is -1.51. The molecule has 11 nitrogen and oxygen atoms in total. The first-order chi connectivity index (χ1) is 11.9. The first-order valence-corrected chi connectivity index (χ1v) is 7.56. The Balaban J connectivity index is 0.00000151. The van der Waals surface area contributed by atoms with Crippen molar-refractivity contribution >= 4 is 5.97 Å². The van der Waals surface area contributed by atoms with E-state index in [1.807, 2.05) is 18.8 Å². The number of ether oxygens (including phenoxy) is 3. The van der Waals surface area contributed by atoms with E-state index in [-0.39, 0.29) is 5.75 Å². The second kappa shape index (κ2) is 9.32. The molecule has 0 bridgehead atoms. The molecule has 0 radical (unpaired) electrons. The lowest BCUT2D eigenvalue weighted by atomic mass is 10.1. The Kier molecular flexibility index (Phi) is 7.77. The Morgan fingerprint density at radius 3 is 2.48 bits per heavy atom. The van der Waals surface area contributed by atoms with Crippen molar-refractivity contribution < 1.29 is 34.3 Å². The molecule has 0 saturated carbocycles. The average molecular weight is 362 g/mol. The summed E-state index contributed by atoms with van der Waals surface area (Å²) < 4.78 is 15.3. The van der Waals surface area contributed by atoms with Crippen LogP contribution in [0.4, 0.5) is 0 Å². The molecule has 11 heteroatoms. The summed E-state index contributed by atoms with van der Waals surface area (Å²) >= 11 is 0. The largest absolute Gasteiger partial charge is 0.475 e. The van der Waals surface area contributed by atoms with Gasteiger partial charge in [0.15, 0.2) is 12.8 Å². The number of esters is 1. The number of aliphatic hydroxyl groups is 3. The van der Waals surface area contributed by atoms with Gasteiger partial charge in [0.1, 0.15) is 18.3 Å². The molecule has 25 heavy (non-hydrogen) atoms. The number of nitrogens with zero attached hydrogens (tertiary/aromatic N) is 1. The summed E-state index contributed by atoms with van der Waals surface area (Å²) in [6, 6.07) is 0. The maximum Gasteiger partial charge on any atom is 0.343 e. The fraction of sp³-hybridized carbons (Fsp3) is 0.643. The van der Waals surface area contributed by atoms with E-state index in [0.29, 0.717) is 0 Å². The van der Waals surface area contributed by atoms with Crippen LogP contribution in [0.15, 0.2) is 15.8 Å². The predicted octanol–water partition coefficient (Wildman–Crippen LogP) is -2.27. The van der Waals surface area contributed by atoms with Crippen LogP contribution in [-0.4, -0.2) is 69.5 Å². The third-order valence-electron chi connectivity index (χ3n) is 3.30. The number of nitrogens with one attached hydrogen (secondary N) is 1. The van der Waals surface area contributed by atoms with Crippen LogP contribution >= 0.6 is 0 Å². The van der Waals surface area contributed by atoms with Gasteiger partial charge in [-0.1, -0.05) is 13.8 Å². The second-order valence-corrected chi connectivity index (χ2v) is 4.75. The van der Waals surface area contributed by atoms with Crippen molar-refractivity contribution in [2.45, 2.75) is 38.4 Å². The van der Waals surface area contributed by atoms with E-state index in [1.54, 1.807) is 0 Å². The van der Waals surface area contributed by atoms with Crippen LogP contribution < -0.4 is 16.0 Å². The molecule has 4 unspecified atom stereocenters. The summed E-state index contributed by atoms with van der Waals surface area (Å²) in [6.07, 6.45) is -4.42. The molecule has 4 atom stereocenters. The highest BCUT2D eigenvalue weighted by molar-refractivity contribution is 5.70. The molecule has 142 valence electrons. The van der Waals surface area contributed by atoms with Crippen LogP contribution in [-0.2, 0) is 14.3 Å². The van der Waals surface area contributed by atoms with Crippen molar-refractivity contribution in [2.24, 2.45) is 0 Å². The van der Waals surface area contributed by atoms with Gasteiger partial charge < -0.3 is 29.5 Å². The molecule has 1 aliphatic rings. The number of carbonyl (C=O) groups excluding carboxylic acids is 1. The van der Waals surface area contributed by atoms with Crippen molar-refractivity contribution in [3.8, 4) is 5.75 Å². The predicted molar refractivity (Wildman–Crippen MR) is 83.2 cm³/mol. The first kappa shape index (κ1) is 20.8. The number of methoxy groups -OCH3 is 1. The summed E-state index contributed by atoms with van der Waals surface area (Å²) in [5.74, 6) is -1.12. The van der Waals surface area contributed by atoms with Crippen LogP contribution in [0.2, 0.25) is 0 Å². The minimum absolute atomic E-state index is 0.382. The van der Waals surface area contributed by atoms with Crippen molar-refractivity contribution in [1.29, 1.82) is 0 Å². The van der Waals surface area contributed by atoms with Gasteiger partial charge in [0, 0.05) is 0 Å². The van der Waals surface area contributed by atoms with Gasteiger partial charge in [0.2, 0.25) is 5.75 Å². The Labute approximate surface area is 142 Å². The molecule has 0 amide bonds. The van der Waals surface area contributed by atoms with Gasteiger partial charge in [0.05, 0.1) is 19.9 Å². The van der Waals surface area contributed by atoms with Crippen molar-refractivity contribution in [3.05, 3.63) is 27.0 Å². The number of H-pyrrole nitrogens is 1. The number of aromatic nitrogens is 2. The number of aromatic amines is 1. The van der Waals surface area contributed by atoms with Crippen molar-refractivity contribution in [3.63, 3.8) is 0 Å². The van der Waals surface area contributed by atoms with E-state index in [2.05, 4.69) is 4.74 Å². The molecular formula is C14H22N2O9. The summed E-state index contributed by atoms with van der Waals surface area (Å²) in [5.41, 5.74) is -1.81. The Morgan fingerprint density at radius 1 is 1.32 bits per heavy atom. The van der Waals surface area contributed by atoms with Crippen molar-refractivity contribution in [1.82, 2.24) is 9.55 Å². The maximum absolute atomic E-state index is 11.8. The molecule has 1 aromatic rings. The normalized spacial score (nSPS) is 25.0. The number of carbonyl (C=O) groups is 1. The number of hydrogen-bond acceptors (Lipinski definition) is 9. The molecule has 1 fully saturated rings. The highest BCUT2D eigenvalue weighted by atomic mass is 16.6. The summed E-state index contributed by atoms with van der Waals surface area (Å²) in [6.45, 7) is 2.87. The molecule has 1 aliphatic heterocycles. The third kappa shape index (κ3) is 4.66. The van der Waals surface area contributed by atoms with Gasteiger partial charge in [-0.05, 0) is 0 Å². The SMILES string of the molecule is CC.COC(=O)COc1cn(C2OC(CO)C(O)C2O)c(=O)[nH]c1=O. The average Bonchev–Trinajstić information content (AvgIpc) is 2.90. The molecule has 0 spiro atoms. The third-order valence-corrected chi connectivity index (χ3v) is 3.30. The smallest absolute Gasteiger partial charge is 0.343 e. The van der Waals surface area contributed by atoms with Gasteiger partial charge in [-0.15, -0.1) is 0 Å². The monoisotopic (exact) mass is 362 g/mol. The van der Waals surface area contributed by atoms with Gasteiger partial charge in [0.25, 0.3) is 5.56 Å². The first-order valence-electron chi connectivity index (χ1n) is 7.56. The molecule has 1 aromatic heterocycles. The summed E-state index contributed by atoms with van der Waals surface area (Å²) in [5, 5.41) is 28.6. The van der Waals surface area contributed by atoms with Gasteiger partial charge in [-0.25, -0.2) is 9.59 Å². The highest BCUT2D eigenvalue weighted by Crippen LogP contribution is 2.28. The fourth-order valence-corrected chi connectivity index (χ4v) is 2.06. The summed E-state index contributed by atoms with van der Waals surface area (Å²) in [7, 11) is 1.13. The number of rotatable bonds is 5. The summed E-state index contributed by atoms with van der Waals surface area (Å²) in [4.78, 5) is 36.4. The van der Waals surface area contributed by atoms with Crippen LogP contribution in [0.1, 0.15) is 20.1 Å². The standard InChI is InChI=1S/C12H16N2O9.C2H6/c1-21-7(16)4-22-5-2-14(12(20)13-10(5)19)11-9(18)8(17)6(3-15)23-11;1-2/h2,6,8-9,11,15,17-18H,3-4H2,1H3,(H,13,19,20);1-2H3. The highest BCUT2D eigenvalue weighted by Gasteiger charge is 2.43. The molecule has 0 aliphatic carbocycles. The van der Waals surface area contributed by atoms with Crippen molar-refractivity contribution in [2.75, 3.05) is 20.3 Å². The van der Waals surface area contributed by atoms with Crippen LogP contribution in [0.3, 0.4) is 0 Å². The maximum atomic E-state index is 11.8. The van der Waals surface area contributed by atoms with E-state index in [4.69, 9.17) is 14.6 Å². The molecule has 2 rings (SSSR count). The van der Waals surface area contributed by atoms with Gasteiger partial charge in [-0.2, -0.15) is 0 Å². The Morgan fingerprint density at radius 2 is 1.96 bits per heavy atom. The van der Waals surface area contributed by atoms with Crippen LogP contribution in [0, 0.1) is 0 Å². The van der Waals surface area contributed by atoms with E-state index >= 15 is 0 Å². The van der Waals surface area contributed by atoms with E-state index < -0.39 is 55.0 Å². The zero-order chi connectivity index (χ0) is 19.1. The van der Waals surface area contributed by atoms with Crippen LogP contribution in [0.25, 0.3) is 0 Å². The lowest BCUT2D eigenvalue weighted by molar-refractivity contribution is -0.142. The molecule has 2 heterocycles. The zero-order valence-corrected chi connectivity index (χ0v) is 14.0. The number of aliphatic hydroxyl groups excluding tert-OH is 3. The Hall–Kier alpha value is -2.21. The second-order valence-electron chi connectivity index (χ2n) is 4.75. The Bertz CT molecular complexity index is 684. The lowest BCUT2D eigenvalue weighted by Gasteiger charge is -2.17. The van der Waals surface area contributed by atoms with Gasteiger partial charge in [-0.3, -0.25) is 14.3 Å². The van der Waals surface area contributed by atoms with E-state index in [0.717, 1.165) is 17.9 Å². The van der Waals surface area contributed by atoms with E-state index in [1.165, 1.54) is 0 Å².